The zero-order chi connectivity index (χ0) is 22.9. The van der Waals surface area contributed by atoms with E-state index in [1.165, 1.54) is 35.2 Å². The van der Waals surface area contributed by atoms with Crippen LogP contribution in [-0.4, -0.2) is 32.8 Å². The molecule has 3 aromatic carbocycles. The minimum atomic E-state index is -0.522. The molecule has 0 saturated carbocycles. The van der Waals surface area contributed by atoms with E-state index in [2.05, 4.69) is 10.2 Å². The van der Waals surface area contributed by atoms with Gasteiger partial charge in [0.2, 0.25) is 0 Å². The summed E-state index contributed by atoms with van der Waals surface area (Å²) in [6.07, 6.45) is 3.01. The second-order valence-corrected chi connectivity index (χ2v) is 8.23. The summed E-state index contributed by atoms with van der Waals surface area (Å²) < 4.78 is 14.5. The molecule has 8 heteroatoms. The van der Waals surface area contributed by atoms with Gasteiger partial charge in [0.15, 0.2) is 0 Å². The van der Waals surface area contributed by atoms with Crippen LogP contribution in [0.25, 0.3) is 16.5 Å². The Bertz CT molecular complexity index is 1540. The standard InChI is InChI=1S/C25H17FN4O3/c1-13-20(25(33)29(28-13)17-8-6-16(26)7-9-17)12-27-30-23(31)18-10-4-14-2-3-15-5-11-19(24(30)32)22(18)21(14)15/h4-12,28H,2-3H2,1H3/b27-12+. The second kappa shape index (κ2) is 6.83. The topological polar surface area (TPSA) is 87.5 Å². The fourth-order valence-corrected chi connectivity index (χ4v) is 4.71. The molecule has 6 rings (SSSR count). The zero-order valence-electron chi connectivity index (χ0n) is 17.6. The average molecular weight is 440 g/mol. The van der Waals surface area contributed by atoms with Crippen molar-refractivity contribution < 1.29 is 14.0 Å². The number of nitrogens with zero attached hydrogens (tertiary/aromatic N) is 3. The molecule has 4 aromatic rings. The molecule has 0 bridgehead atoms. The largest absolute Gasteiger partial charge is 0.295 e. The highest BCUT2D eigenvalue weighted by atomic mass is 19.1. The van der Waals surface area contributed by atoms with Crippen LogP contribution < -0.4 is 5.56 Å². The Kier molecular flexibility index (Phi) is 4.01. The van der Waals surface area contributed by atoms with Gasteiger partial charge in [-0.3, -0.25) is 19.5 Å². The number of hydrogen-bond donors (Lipinski definition) is 1. The molecule has 7 nitrogen and oxygen atoms in total. The first-order chi connectivity index (χ1) is 15.9. The van der Waals surface area contributed by atoms with E-state index in [1.54, 1.807) is 19.1 Å². The van der Waals surface area contributed by atoms with Crippen molar-refractivity contribution in [3.05, 3.63) is 98.2 Å². The normalized spacial score (nSPS) is 14.8. The van der Waals surface area contributed by atoms with E-state index in [9.17, 15) is 18.8 Å². The summed E-state index contributed by atoms with van der Waals surface area (Å²) >= 11 is 0. The van der Waals surface area contributed by atoms with Crippen molar-refractivity contribution in [2.75, 3.05) is 0 Å². The maximum Gasteiger partial charge on any atom is 0.282 e. The van der Waals surface area contributed by atoms with Crippen molar-refractivity contribution in [2.45, 2.75) is 19.8 Å². The van der Waals surface area contributed by atoms with E-state index in [1.807, 2.05) is 12.1 Å². The van der Waals surface area contributed by atoms with E-state index in [-0.39, 0.29) is 5.56 Å². The van der Waals surface area contributed by atoms with Crippen LogP contribution in [0, 0.1) is 12.7 Å². The number of amides is 2. The van der Waals surface area contributed by atoms with Crippen molar-refractivity contribution in [1.29, 1.82) is 0 Å². The van der Waals surface area contributed by atoms with E-state index in [4.69, 9.17) is 0 Å². The smallest absolute Gasteiger partial charge is 0.282 e. The predicted octanol–water partition coefficient (Wildman–Crippen LogP) is 3.50. The number of halogens is 1. The molecule has 1 aromatic heterocycles. The maximum atomic E-state index is 13.2. The van der Waals surface area contributed by atoms with E-state index >= 15 is 0 Å². The Morgan fingerprint density at radius 2 is 1.48 bits per heavy atom. The molecule has 2 heterocycles. The van der Waals surface area contributed by atoms with E-state index in [0.29, 0.717) is 27.9 Å². The summed E-state index contributed by atoms with van der Waals surface area (Å²) in [6, 6.07) is 12.8. The number of aryl methyl sites for hydroxylation is 3. The van der Waals surface area contributed by atoms with Gasteiger partial charge in [-0.2, -0.15) is 10.1 Å². The number of H-pyrrole nitrogens is 1. The Morgan fingerprint density at radius 3 is 2.09 bits per heavy atom. The number of benzene rings is 3. The molecule has 2 amide bonds. The lowest BCUT2D eigenvalue weighted by molar-refractivity contribution is 0.0616. The highest BCUT2D eigenvalue weighted by Gasteiger charge is 2.35. The number of hydrazone groups is 1. The monoisotopic (exact) mass is 440 g/mol. The molecule has 33 heavy (non-hydrogen) atoms. The third kappa shape index (κ3) is 2.73. The summed E-state index contributed by atoms with van der Waals surface area (Å²) in [4.78, 5) is 39.2. The molecule has 0 saturated heterocycles. The first-order valence-corrected chi connectivity index (χ1v) is 10.5. The molecule has 2 aliphatic rings. The van der Waals surface area contributed by atoms with E-state index < -0.39 is 23.2 Å². The van der Waals surface area contributed by atoms with Crippen molar-refractivity contribution in [1.82, 2.24) is 14.8 Å². The van der Waals surface area contributed by atoms with Crippen molar-refractivity contribution >= 4 is 28.8 Å². The minimum Gasteiger partial charge on any atom is -0.295 e. The number of rotatable bonds is 3. The Hall–Kier alpha value is -4.33. The molecule has 0 spiro atoms. The number of hydrogen-bond acceptors (Lipinski definition) is 4. The van der Waals surface area contributed by atoms with Crippen LogP contribution in [0.3, 0.4) is 0 Å². The molecular weight excluding hydrogens is 423 g/mol. The number of carbonyl (C=O) groups excluding carboxylic acids is 2. The fourth-order valence-electron chi connectivity index (χ4n) is 4.71. The second-order valence-electron chi connectivity index (χ2n) is 8.23. The van der Waals surface area contributed by atoms with Crippen molar-refractivity contribution in [3.8, 4) is 5.69 Å². The highest BCUT2D eigenvalue weighted by Crippen LogP contribution is 2.38. The van der Waals surface area contributed by atoms with Crippen LogP contribution in [0.2, 0.25) is 0 Å². The lowest BCUT2D eigenvalue weighted by Gasteiger charge is -2.23. The Labute approximate surface area is 186 Å². The lowest BCUT2D eigenvalue weighted by Crippen LogP contribution is -2.36. The molecule has 162 valence electrons. The van der Waals surface area contributed by atoms with Crippen molar-refractivity contribution in [3.63, 3.8) is 0 Å². The van der Waals surface area contributed by atoms with Gasteiger partial charge < -0.3 is 0 Å². The molecule has 0 radical (unpaired) electrons. The number of imide groups is 1. The van der Waals surface area contributed by atoms with Gasteiger partial charge in [-0.15, -0.1) is 0 Å². The molecule has 1 aliphatic heterocycles. The van der Waals surface area contributed by atoms with Gasteiger partial charge >= 0.3 is 0 Å². The van der Waals surface area contributed by atoms with Crippen LogP contribution in [-0.2, 0) is 12.8 Å². The van der Waals surface area contributed by atoms with Gasteiger partial charge in [-0.1, -0.05) is 12.1 Å². The Balaban J connectivity index is 1.41. The van der Waals surface area contributed by atoms with Crippen LogP contribution in [0.15, 0.2) is 58.4 Å². The Morgan fingerprint density at radius 1 is 0.879 bits per heavy atom. The van der Waals surface area contributed by atoms with E-state index in [0.717, 1.165) is 34.4 Å². The summed E-state index contributed by atoms with van der Waals surface area (Å²) in [7, 11) is 0. The molecular formula is C25H17FN4O3. The lowest BCUT2D eigenvalue weighted by atomic mass is 9.92. The number of aromatic amines is 1. The van der Waals surface area contributed by atoms with Crippen molar-refractivity contribution in [2.24, 2.45) is 5.10 Å². The van der Waals surface area contributed by atoms with Gasteiger partial charge in [0.05, 0.1) is 28.6 Å². The number of carbonyl (C=O) groups is 2. The van der Waals surface area contributed by atoms with Crippen LogP contribution >= 0.6 is 0 Å². The van der Waals surface area contributed by atoms with Gasteiger partial charge in [0.1, 0.15) is 5.82 Å². The summed E-state index contributed by atoms with van der Waals surface area (Å²) in [6.45, 7) is 1.68. The van der Waals surface area contributed by atoms with Crippen LogP contribution in [0.4, 0.5) is 4.39 Å². The predicted molar refractivity (Wildman–Crippen MR) is 121 cm³/mol. The summed E-state index contributed by atoms with van der Waals surface area (Å²) in [5.74, 6) is -1.46. The average Bonchev–Trinajstić information content (AvgIpc) is 3.36. The third-order valence-corrected chi connectivity index (χ3v) is 6.35. The number of nitrogens with one attached hydrogen (secondary N) is 1. The molecule has 1 N–H and O–H groups in total. The zero-order valence-corrected chi connectivity index (χ0v) is 17.6. The first kappa shape index (κ1) is 19.4. The minimum absolute atomic E-state index is 0.194. The van der Waals surface area contributed by atoms with Crippen LogP contribution in [0.5, 0.6) is 0 Å². The SMILES string of the molecule is Cc1[nH]n(-c2ccc(F)cc2)c(=O)c1/C=N/N1C(=O)c2ccc3c4c(ccc(c24)C1=O)CC3. The first-order valence-electron chi connectivity index (χ1n) is 10.5. The van der Waals surface area contributed by atoms with Gasteiger partial charge in [0, 0.05) is 11.1 Å². The highest BCUT2D eigenvalue weighted by molar-refractivity contribution is 6.26. The molecule has 0 atom stereocenters. The van der Waals surface area contributed by atoms with Crippen LogP contribution in [0.1, 0.15) is 43.1 Å². The molecule has 1 aliphatic carbocycles. The summed E-state index contributed by atoms with van der Waals surface area (Å²) in [5.41, 5.74) is 3.86. The number of aromatic nitrogens is 2. The quantitative estimate of drug-likeness (QED) is 0.391. The fraction of sp³-hybridized carbons (Fsp3) is 0.120. The van der Waals surface area contributed by atoms with Gasteiger partial charge in [0.25, 0.3) is 17.4 Å². The molecule has 0 unspecified atom stereocenters. The van der Waals surface area contributed by atoms with Gasteiger partial charge in [-0.25, -0.2) is 9.07 Å². The summed E-state index contributed by atoms with van der Waals surface area (Å²) in [5, 5.41) is 9.53. The third-order valence-electron chi connectivity index (χ3n) is 6.35. The maximum absolute atomic E-state index is 13.2. The molecule has 0 fully saturated rings. The van der Waals surface area contributed by atoms with Gasteiger partial charge in [-0.05, 0) is 72.7 Å².